The Bertz CT molecular complexity index is 416. The molecule has 0 spiro atoms. The summed E-state index contributed by atoms with van der Waals surface area (Å²) in [6.07, 6.45) is 4.00. The van der Waals surface area contributed by atoms with Gasteiger partial charge in [0.15, 0.2) is 0 Å². The fraction of sp³-hybridized carbons (Fsp3) is 0.833. The summed E-state index contributed by atoms with van der Waals surface area (Å²) in [6, 6.07) is 0. The SMILES string of the molecule is CC(C)(C)CCc1cn(CCOCCN=[N+]=[N-])nn1. The molecule has 0 amide bonds. The van der Waals surface area contributed by atoms with E-state index in [1.807, 2.05) is 6.20 Å². The predicted molar refractivity (Wildman–Crippen MR) is 72.6 cm³/mol. The minimum atomic E-state index is 0.314. The van der Waals surface area contributed by atoms with Crippen LogP contribution in [0.4, 0.5) is 0 Å². The highest BCUT2D eigenvalue weighted by atomic mass is 16.5. The molecule has 7 nitrogen and oxygen atoms in total. The lowest BCUT2D eigenvalue weighted by Gasteiger charge is -2.16. The average Bonchev–Trinajstić information content (AvgIpc) is 2.78. The summed E-state index contributed by atoms with van der Waals surface area (Å²) in [6.45, 7) is 8.67. The van der Waals surface area contributed by atoms with E-state index in [1.165, 1.54) is 0 Å². The quantitative estimate of drug-likeness (QED) is 0.313. The molecule has 1 rings (SSSR count). The van der Waals surface area contributed by atoms with E-state index in [2.05, 4.69) is 41.1 Å². The normalized spacial score (nSPS) is 11.3. The standard InChI is InChI=1S/C12H22N6O/c1-12(2,3)5-4-11-10-18(17-15-11)7-9-19-8-6-14-16-13/h10H,4-9H2,1-3H3. The van der Waals surface area contributed by atoms with Gasteiger partial charge in [0, 0.05) is 17.7 Å². The van der Waals surface area contributed by atoms with Crippen LogP contribution < -0.4 is 0 Å². The van der Waals surface area contributed by atoms with E-state index in [9.17, 15) is 0 Å². The molecule has 0 unspecified atom stereocenters. The van der Waals surface area contributed by atoms with Crippen LogP contribution in [0.25, 0.3) is 10.4 Å². The molecule has 0 aromatic carbocycles. The summed E-state index contributed by atoms with van der Waals surface area (Å²) in [5, 5.41) is 11.6. The minimum Gasteiger partial charge on any atom is -0.379 e. The Kier molecular flexibility index (Phi) is 6.32. The van der Waals surface area contributed by atoms with Crippen LogP contribution in [-0.2, 0) is 17.7 Å². The summed E-state index contributed by atoms with van der Waals surface area (Å²) < 4.78 is 7.09. The summed E-state index contributed by atoms with van der Waals surface area (Å²) >= 11 is 0. The van der Waals surface area contributed by atoms with E-state index in [0.717, 1.165) is 18.5 Å². The van der Waals surface area contributed by atoms with Crippen molar-refractivity contribution in [1.82, 2.24) is 15.0 Å². The smallest absolute Gasteiger partial charge is 0.0827 e. The molecule has 0 aliphatic carbocycles. The third-order valence-corrected chi connectivity index (χ3v) is 2.58. The van der Waals surface area contributed by atoms with E-state index in [4.69, 9.17) is 10.3 Å². The molecular formula is C12H22N6O. The Balaban J connectivity index is 2.21. The molecule has 1 heterocycles. The monoisotopic (exact) mass is 266 g/mol. The zero-order chi connectivity index (χ0) is 14.1. The molecule has 0 radical (unpaired) electrons. The van der Waals surface area contributed by atoms with Gasteiger partial charge in [-0.2, -0.15) is 0 Å². The molecule has 106 valence electrons. The van der Waals surface area contributed by atoms with Crippen molar-refractivity contribution in [1.29, 1.82) is 0 Å². The molecule has 0 N–H and O–H groups in total. The lowest BCUT2D eigenvalue weighted by molar-refractivity contribution is 0.130. The lowest BCUT2D eigenvalue weighted by Crippen LogP contribution is -2.08. The zero-order valence-electron chi connectivity index (χ0n) is 11.9. The van der Waals surface area contributed by atoms with Gasteiger partial charge in [-0.05, 0) is 23.8 Å². The van der Waals surface area contributed by atoms with Crippen molar-refractivity contribution >= 4 is 0 Å². The van der Waals surface area contributed by atoms with Gasteiger partial charge in [0.25, 0.3) is 0 Å². The minimum absolute atomic E-state index is 0.314. The highest BCUT2D eigenvalue weighted by Crippen LogP contribution is 2.20. The van der Waals surface area contributed by atoms with E-state index in [-0.39, 0.29) is 0 Å². The zero-order valence-corrected chi connectivity index (χ0v) is 11.9. The Labute approximate surface area is 113 Å². The molecule has 0 atom stereocenters. The van der Waals surface area contributed by atoms with Gasteiger partial charge in [-0.3, -0.25) is 0 Å². The number of rotatable bonds is 8. The van der Waals surface area contributed by atoms with Crippen molar-refractivity contribution < 1.29 is 4.74 Å². The van der Waals surface area contributed by atoms with Gasteiger partial charge in [0.1, 0.15) is 0 Å². The summed E-state index contributed by atoms with van der Waals surface area (Å²) in [7, 11) is 0. The largest absolute Gasteiger partial charge is 0.379 e. The number of azide groups is 1. The van der Waals surface area contributed by atoms with E-state index >= 15 is 0 Å². The molecule has 0 aliphatic heterocycles. The summed E-state index contributed by atoms with van der Waals surface area (Å²) in [5.74, 6) is 0. The van der Waals surface area contributed by atoms with Crippen LogP contribution in [0.1, 0.15) is 32.9 Å². The van der Waals surface area contributed by atoms with Gasteiger partial charge in [-0.15, -0.1) is 5.10 Å². The van der Waals surface area contributed by atoms with Crippen LogP contribution in [0, 0.1) is 5.41 Å². The van der Waals surface area contributed by atoms with Crippen LogP contribution in [0.15, 0.2) is 11.3 Å². The number of ether oxygens (including phenoxy) is 1. The molecule has 0 fully saturated rings. The van der Waals surface area contributed by atoms with Gasteiger partial charge in [-0.25, -0.2) is 4.68 Å². The Morgan fingerprint density at radius 3 is 2.89 bits per heavy atom. The first kappa shape index (κ1) is 15.5. The molecule has 7 heteroatoms. The molecule has 1 aromatic heterocycles. The fourth-order valence-corrected chi connectivity index (χ4v) is 1.48. The number of aromatic nitrogens is 3. The van der Waals surface area contributed by atoms with Crippen LogP contribution >= 0.6 is 0 Å². The molecule has 0 bridgehead atoms. The first-order chi connectivity index (χ1) is 9.01. The van der Waals surface area contributed by atoms with Gasteiger partial charge in [-0.1, -0.05) is 31.1 Å². The van der Waals surface area contributed by atoms with Gasteiger partial charge < -0.3 is 4.74 Å². The molecule has 0 saturated carbocycles. The number of aryl methyl sites for hydroxylation is 1. The van der Waals surface area contributed by atoms with E-state index < -0.39 is 0 Å². The third kappa shape index (κ3) is 7.43. The van der Waals surface area contributed by atoms with Gasteiger partial charge in [0.2, 0.25) is 0 Å². The van der Waals surface area contributed by atoms with Crippen LogP contribution in [0.3, 0.4) is 0 Å². The number of hydrogen-bond acceptors (Lipinski definition) is 4. The van der Waals surface area contributed by atoms with Gasteiger partial charge >= 0.3 is 0 Å². The highest BCUT2D eigenvalue weighted by Gasteiger charge is 2.11. The fourth-order valence-electron chi connectivity index (χ4n) is 1.48. The van der Waals surface area contributed by atoms with Crippen LogP contribution in [0.5, 0.6) is 0 Å². The van der Waals surface area contributed by atoms with Crippen LogP contribution in [0.2, 0.25) is 0 Å². The predicted octanol–water partition coefficient (Wildman–Crippen LogP) is 2.58. The number of nitrogens with zero attached hydrogens (tertiary/aromatic N) is 6. The van der Waals surface area contributed by atoms with Crippen molar-refractivity contribution in [2.24, 2.45) is 10.5 Å². The maximum absolute atomic E-state index is 8.09. The topological polar surface area (TPSA) is 88.7 Å². The Morgan fingerprint density at radius 2 is 2.21 bits per heavy atom. The summed E-state index contributed by atoms with van der Waals surface area (Å²) in [4.78, 5) is 2.65. The lowest BCUT2D eigenvalue weighted by atomic mass is 9.90. The Morgan fingerprint density at radius 1 is 1.42 bits per heavy atom. The third-order valence-electron chi connectivity index (χ3n) is 2.58. The molecule has 0 saturated heterocycles. The van der Waals surface area contributed by atoms with Crippen molar-refractivity contribution in [2.45, 2.75) is 40.2 Å². The second kappa shape index (κ2) is 7.76. The summed E-state index contributed by atoms with van der Waals surface area (Å²) in [5.41, 5.74) is 9.42. The molecule has 1 aromatic rings. The first-order valence-electron chi connectivity index (χ1n) is 6.49. The molecule has 0 aliphatic rings. The Hall–Kier alpha value is -1.59. The van der Waals surface area contributed by atoms with Crippen molar-refractivity contribution in [3.05, 3.63) is 22.3 Å². The first-order valence-corrected chi connectivity index (χ1v) is 6.49. The van der Waals surface area contributed by atoms with Gasteiger partial charge in [0.05, 0.1) is 25.5 Å². The molecule has 19 heavy (non-hydrogen) atoms. The van der Waals surface area contributed by atoms with Crippen molar-refractivity contribution in [2.75, 3.05) is 19.8 Å². The maximum atomic E-state index is 8.09. The highest BCUT2D eigenvalue weighted by molar-refractivity contribution is 4.93. The maximum Gasteiger partial charge on any atom is 0.0827 e. The average molecular weight is 266 g/mol. The number of hydrogen-bond donors (Lipinski definition) is 0. The molecular weight excluding hydrogens is 244 g/mol. The van der Waals surface area contributed by atoms with E-state index in [1.54, 1.807) is 4.68 Å². The van der Waals surface area contributed by atoms with Crippen molar-refractivity contribution in [3.63, 3.8) is 0 Å². The second-order valence-corrected chi connectivity index (χ2v) is 5.60. The second-order valence-electron chi connectivity index (χ2n) is 5.60. The van der Waals surface area contributed by atoms with Crippen molar-refractivity contribution in [3.8, 4) is 0 Å². The van der Waals surface area contributed by atoms with E-state index in [0.29, 0.717) is 31.7 Å². The van der Waals surface area contributed by atoms with Crippen LogP contribution in [-0.4, -0.2) is 34.8 Å².